The number of fused-ring (bicyclic) bond motifs is 1. The number of hydrogen-bond donors (Lipinski definition) is 5. The summed E-state index contributed by atoms with van der Waals surface area (Å²) < 4.78 is 22.6. The molecule has 5 aliphatic rings. The first-order valence-electron chi connectivity index (χ1n) is 11.2. The molecule has 6 rings (SSSR count). The van der Waals surface area contributed by atoms with Gasteiger partial charge >= 0.3 is 11.9 Å². The predicted molar refractivity (Wildman–Crippen MR) is 110 cm³/mol. The third-order valence-electron chi connectivity index (χ3n) is 8.08. The van der Waals surface area contributed by atoms with Crippen molar-refractivity contribution in [2.45, 2.75) is 67.8 Å². The average molecular weight is 480 g/mol. The number of esters is 2. The van der Waals surface area contributed by atoms with Gasteiger partial charge in [0.1, 0.15) is 47.6 Å². The lowest BCUT2D eigenvalue weighted by Crippen LogP contribution is -2.80. The maximum Gasteiger partial charge on any atom is 0.338 e. The van der Waals surface area contributed by atoms with Crippen molar-refractivity contribution in [3.63, 3.8) is 0 Å². The van der Waals surface area contributed by atoms with Gasteiger partial charge < -0.3 is 44.5 Å². The fourth-order valence-electron chi connectivity index (χ4n) is 6.18. The number of hydrogen-bond acceptors (Lipinski definition) is 11. The largest absolute Gasteiger partial charge is 0.459 e. The quantitative estimate of drug-likeness (QED) is 0.300. The molecule has 5 fully saturated rings. The molecule has 0 spiro atoms. The van der Waals surface area contributed by atoms with Crippen molar-refractivity contribution in [1.29, 1.82) is 0 Å². The van der Waals surface area contributed by atoms with Crippen LogP contribution in [0.4, 0.5) is 0 Å². The SMILES string of the molecule is C[C@]12C[C@@H](O)C3C[C@@]1(O[C@@H]1O[C@H](COC(=O)c4ccccc4)[C@@H](O)[C@H](O)[C@H]1O)[C@@]3(CO)C(=O)O2. The van der Waals surface area contributed by atoms with Crippen molar-refractivity contribution in [2.75, 3.05) is 13.2 Å². The molecule has 11 nitrogen and oxygen atoms in total. The minimum absolute atomic E-state index is 0.0667. The van der Waals surface area contributed by atoms with E-state index in [9.17, 15) is 35.1 Å². The number of carbonyl (C=O) groups is 2. The summed E-state index contributed by atoms with van der Waals surface area (Å²) in [7, 11) is 0. The first-order chi connectivity index (χ1) is 16.1. The van der Waals surface area contributed by atoms with Gasteiger partial charge in [0.15, 0.2) is 6.29 Å². The van der Waals surface area contributed by atoms with Crippen LogP contribution in [-0.2, 0) is 23.7 Å². The molecule has 3 aliphatic carbocycles. The molecule has 4 bridgehead atoms. The van der Waals surface area contributed by atoms with Crippen LogP contribution < -0.4 is 0 Å². The van der Waals surface area contributed by atoms with E-state index in [1.165, 1.54) is 0 Å². The van der Waals surface area contributed by atoms with Crippen molar-refractivity contribution >= 4 is 11.9 Å². The molecule has 2 aliphatic heterocycles. The number of ether oxygens (including phenoxy) is 4. The Balaban J connectivity index is 1.36. The van der Waals surface area contributed by atoms with Crippen LogP contribution in [0.1, 0.15) is 30.1 Å². The second-order valence-electron chi connectivity index (χ2n) is 9.76. The van der Waals surface area contributed by atoms with Gasteiger partial charge in [-0.1, -0.05) is 18.2 Å². The Morgan fingerprint density at radius 3 is 2.47 bits per heavy atom. The molecule has 1 aromatic carbocycles. The van der Waals surface area contributed by atoms with Gasteiger partial charge in [-0.05, 0) is 25.5 Å². The molecule has 2 saturated heterocycles. The lowest BCUT2D eigenvalue weighted by Gasteiger charge is -2.66. The summed E-state index contributed by atoms with van der Waals surface area (Å²) in [5.41, 5.74) is -3.99. The molecule has 3 saturated carbocycles. The molecule has 2 heterocycles. The number of rotatable bonds is 6. The molecule has 10 atom stereocenters. The Labute approximate surface area is 194 Å². The van der Waals surface area contributed by atoms with Crippen molar-refractivity contribution in [2.24, 2.45) is 11.3 Å². The van der Waals surface area contributed by atoms with E-state index in [-0.39, 0.29) is 18.4 Å². The van der Waals surface area contributed by atoms with Crippen molar-refractivity contribution in [3.8, 4) is 0 Å². The van der Waals surface area contributed by atoms with E-state index >= 15 is 0 Å². The van der Waals surface area contributed by atoms with Gasteiger partial charge in [-0.2, -0.15) is 0 Å². The van der Waals surface area contributed by atoms with Crippen LogP contribution in [0.2, 0.25) is 0 Å². The zero-order valence-corrected chi connectivity index (χ0v) is 18.4. The van der Waals surface area contributed by atoms with Crippen LogP contribution in [-0.4, -0.2) is 98.7 Å². The normalized spacial score (nSPS) is 47.0. The highest BCUT2D eigenvalue weighted by Gasteiger charge is 2.88. The molecule has 11 heteroatoms. The molecule has 186 valence electrons. The topological polar surface area (TPSA) is 172 Å². The summed E-state index contributed by atoms with van der Waals surface area (Å²) in [6.07, 6.45) is -8.43. The lowest BCUT2D eigenvalue weighted by atomic mass is 9.41. The molecule has 0 aromatic heterocycles. The van der Waals surface area contributed by atoms with Gasteiger partial charge in [-0.25, -0.2) is 4.79 Å². The minimum Gasteiger partial charge on any atom is -0.459 e. The fraction of sp³-hybridized carbons (Fsp3) is 0.652. The van der Waals surface area contributed by atoms with Crippen molar-refractivity contribution < 1.29 is 54.1 Å². The smallest absolute Gasteiger partial charge is 0.338 e. The first kappa shape index (κ1) is 23.6. The standard InChI is InChI=1S/C23H28O11/c1-21-8-13(25)12-7-23(21,22(12,10-24)20(30)34-21)33-19-17(28)16(27)15(26)14(32-19)9-31-18(29)11-5-3-2-4-6-11/h2-6,12-17,19,24-28H,7-10H2,1H3/t12?,13-,14-,15-,16+,17-,19+,21+,22-,23+/m1/s1. The van der Waals surface area contributed by atoms with E-state index < -0.39 is 84.5 Å². The van der Waals surface area contributed by atoms with Crippen LogP contribution in [0.15, 0.2) is 30.3 Å². The van der Waals surface area contributed by atoms with Crippen LogP contribution in [0, 0.1) is 11.3 Å². The summed E-state index contributed by atoms with van der Waals surface area (Å²) in [5.74, 6) is -1.97. The summed E-state index contributed by atoms with van der Waals surface area (Å²) in [6.45, 7) is 0.500. The number of aliphatic hydroxyl groups excluding tert-OH is 5. The zero-order valence-electron chi connectivity index (χ0n) is 18.4. The van der Waals surface area contributed by atoms with Gasteiger partial charge in [0, 0.05) is 12.3 Å². The molecule has 1 aromatic rings. The van der Waals surface area contributed by atoms with Gasteiger partial charge in [0.05, 0.1) is 18.3 Å². The molecule has 1 unspecified atom stereocenters. The van der Waals surface area contributed by atoms with E-state index in [2.05, 4.69) is 0 Å². The number of carbonyl (C=O) groups excluding carboxylic acids is 2. The van der Waals surface area contributed by atoms with Gasteiger partial charge in [-0.3, -0.25) is 4.79 Å². The second-order valence-corrected chi connectivity index (χ2v) is 9.76. The van der Waals surface area contributed by atoms with E-state index in [0.29, 0.717) is 0 Å². The second kappa shape index (κ2) is 7.95. The van der Waals surface area contributed by atoms with Crippen LogP contribution in [0.25, 0.3) is 0 Å². The third-order valence-corrected chi connectivity index (χ3v) is 8.08. The maximum absolute atomic E-state index is 12.8. The van der Waals surface area contributed by atoms with Crippen LogP contribution in [0.5, 0.6) is 0 Å². The zero-order chi connectivity index (χ0) is 24.5. The first-order valence-corrected chi connectivity index (χ1v) is 11.2. The van der Waals surface area contributed by atoms with E-state index in [1.807, 2.05) is 0 Å². The predicted octanol–water partition coefficient (Wildman–Crippen LogP) is -1.51. The number of benzene rings is 1. The molecule has 0 amide bonds. The molecular formula is C23H28O11. The monoisotopic (exact) mass is 480 g/mol. The Morgan fingerprint density at radius 2 is 1.79 bits per heavy atom. The summed E-state index contributed by atoms with van der Waals surface area (Å²) in [4.78, 5) is 25.1. The Morgan fingerprint density at radius 1 is 1.09 bits per heavy atom. The average Bonchev–Trinajstić information content (AvgIpc) is 2.87. The molecule has 5 N–H and O–H groups in total. The molecule has 34 heavy (non-hydrogen) atoms. The third kappa shape index (κ3) is 2.95. The van der Waals surface area contributed by atoms with Crippen LogP contribution >= 0.6 is 0 Å². The van der Waals surface area contributed by atoms with E-state index in [1.54, 1.807) is 37.3 Å². The Hall–Kier alpha value is -2.12. The van der Waals surface area contributed by atoms with E-state index in [0.717, 1.165) is 0 Å². The summed E-state index contributed by atoms with van der Waals surface area (Å²) >= 11 is 0. The molecule has 0 radical (unpaired) electrons. The summed E-state index contributed by atoms with van der Waals surface area (Å²) in [5, 5.41) is 52.1. The minimum atomic E-state index is -1.70. The number of aliphatic hydroxyl groups is 5. The highest BCUT2D eigenvalue weighted by Crippen LogP contribution is 2.73. The Bertz CT molecular complexity index is 971. The lowest BCUT2D eigenvalue weighted by molar-refractivity contribution is -0.394. The van der Waals surface area contributed by atoms with Gasteiger partial charge in [0.2, 0.25) is 0 Å². The highest BCUT2D eigenvalue weighted by molar-refractivity contribution is 5.89. The Kier molecular flexibility index (Phi) is 5.52. The summed E-state index contributed by atoms with van der Waals surface area (Å²) in [6, 6.07) is 8.16. The van der Waals surface area contributed by atoms with Crippen molar-refractivity contribution in [1.82, 2.24) is 0 Å². The fourth-order valence-corrected chi connectivity index (χ4v) is 6.18. The van der Waals surface area contributed by atoms with Crippen LogP contribution in [0.3, 0.4) is 0 Å². The van der Waals surface area contributed by atoms with Gasteiger partial charge in [0.25, 0.3) is 0 Å². The van der Waals surface area contributed by atoms with Crippen molar-refractivity contribution in [3.05, 3.63) is 35.9 Å². The highest BCUT2D eigenvalue weighted by atomic mass is 16.7. The van der Waals surface area contributed by atoms with Gasteiger partial charge in [-0.15, -0.1) is 0 Å². The maximum atomic E-state index is 12.8. The van der Waals surface area contributed by atoms with E-state index in [4.69, 9.17) is 18.9 Å². The molecular weight excluding hydrogens is 452 g/mol.